The van der Waals surface area contributed by atoms with Crippen LogP contribution < -0.4 is 0 Å². The van der Waals surface area contributed by atoms with E-state index in [1.807, 2.05) is 0 Å². The van der Waals surface area contributed by atoms with Crippen LogP contribution in [0.25, 0.3) is 99.5 Å². The van der Waals surface area contributed by atoms with E-state index in [4.69, 9.17) is 0 Å². The molecule has 2 nitrogen and oxygen atoms in total. The first-order valence-electron chi connectivity index (χ1n) is 20.6. The number of hydrogen-bond acceptors (Lipinski definition) is 0. The number of rotatable bonds is 5. The van der Waals surface area contributed by atoms with E-state index in [-0.39, 0.29) is 5.41 Å². The summed E-state index contributed by atoms with van der Waals surface area (Å²) >= 11 is 0. The van der Waals surface area contributed by atoms with Gasteiger partial charge in [-0.3, -0.25) is 0 Å². The Balaban J connectivity index is 1.06. The quantitative estimate of drug-likeness (QED) is 0.166. The summed E-state index contributed by atoms with van der Waals surface area (Å²) in [4.78, 5) is 0. The Hall–Kier alpha value is -7.42. The van der Waals surface area contributed by atoms with Crippen LogP contribution in [-0.4, -0.2) is 9.13 Å². The Kier molecular flexibility index (Phi) is 7.31. The number of para-hydroxylation sites is 2. The maximum Gasteiger partial charge on any atom is 0.0547 e. The average molecular weight is 753 g/mol. The molecule has 0 atom stereocenters. The maximum atomic E-state index is 2.50. The van der Waals surface area contributed by atoms with Crippen LogP contribution in [0.4, 0.5) is 0 Å². The zero-order valence-corrected chi connectivity index (χ0v) is 33.0. The van der Waals surface area contributed by atoms with Crippen LogP contribution in [0.2, 0.25) is 0 Å². The minimum atomic E-state index is -0.0996. The van der Waals surface area contributed by atoms with Crippen molar-refractivity contribution >= 4 is 43.6 Å². The number of benzene rings is 9. The number of hydrogen-bond donors (Lipinski definition) is 0. The zero-order valence-electron chi connectivity index (χ0n) is 33.0. The Morgan fingerprint density at radius 3 is 1.53 bits per heavy atom. The average Bonchev–Trinajstić information content (AvgIpc) is 3.89. The molecule has 2 aromatic heterocycles. The zero-order chi connectivity index (χ0) is 39.2. The molecule has 0 spiro atoms. The van der Waals surface area contributed by atoms with Crippen LogP contribution in [-0.2, 0) is 5.41 Å². The van der Waals surface area contributed by atoms with E-state index < -0.39 is 0 Å². The maximum absolute atomic E-state index is 2.50. The molecule has 0 fully saturated rings. The van der Waals surface area contributed by atoms with Crippen molar-refractivity contribution in [3.05, 3.63) is 217 Å². The van der Waals surface area contributed by atoms with Crippen molar-refractivity contribution in [2.24, 2.45) is 0 Å². The van der Waals surface area contributed by atoms with Crippen molar-refractivity contribution in [3.8, 4) is 55.9 Å². The summed E-state index contributed by atoms with van der Waals surface area (Å²) in [6, 6.07) is 76.2. The van der Waals surface area contributed by atoms with Gasteiger partial charge in [-0.2, -0.15) is 0 Å². The summed E-state index contributed by atoms with van der Waals surface area (Å²) in [6.45, 7) is 4.73. The van der Waals surface area contributed by atoms with Gasteiger partial charge in [0.25, 0.3) is 0 Å². The summed E-state index contributed by atoms with van der Waals surface area (Å²) in [7, 11) is 0. The second-order valence-corrected chi connectivity index (χ2v) is 16.6. The fourth-order valence-electron chi connectivity index (χ4n) is 9.98. The van der Waals surface area contributed by atoms with E-state index in [2.05, 4.69) is 229 Å². The highest BCUT2D eigenvalue weighted by molar-refractivity contribution is 6.13. The molecule has 1 aliphatic rings. The van der Waals surface area contributed by atoms with Crippen LogP contribution in [0.15, 0.2) is 206 Å². The third-order valence-electron chi connectivity index (χ3n) is 12.9. The van der Waals surface area contributed by atoms with Gasteiger partial charge in [0.2, 0.25) is 0 Å². The fourth-order valence-corrected chi connectivity index (χ4v) is 9.98. The highest BCUT2D eigenvalue weighted by atomic mass is 15.0. The number of fused-ring (bicyclic) bond motifs is 9. The fraction of sp³-hybridized carbons (Fsp3) is 0.0526. The lowest BCUT2D eigenvalue weighted by atomic mass is 9.82. The first-order chi connectivity index (χ1) is 29.0. The lowest BCUT2D eigenvalue weighted by Gasteiger charge is -2.22. The van der Waals surface area contributed by atoms with Crippen LogP contribution in [0.3, 0.4) is 0 Å². The first-order valence-corrected chi connectivity index (χ1v) is 20.6. The van der Waals surface area contributed by atoms with Gasteiger partial charge in [-0.1, -0.05) is 166 Å². The minimum Gasteiger partial charge on any atom is -0.309 e. The van der Waals surface area contributed by atoms with Gasteiger partial charge in [0.1, 0.15) is 0 Å². The lowest BCUT2D eigenvalue weighted by Crippen LogP contribution is -2.15. The molecule has 9 aromatic carbocycles. The van der Waals surface area contributed by atoms with Crippen LogP contribution >= 0.6 is 0 Å². The molecule has 278 valence electrons. The number of aromatic nitrogens is 2. The van der Waals surface area contributed by atoms with Crippen molar-refractivity contribution in [3.63, 3.8) is 0 Å². The second kappa shape index (κ2) is 12.8. The molecule has 11 aromatic rings. The Morgan fingerprint density at radius 1 is 0.288 bits per heavy atom. The van der Waals surface area contributed by atoms with E-state index in [9.17, 15) is 0 Å². The van der Waals surface area contributed by atoms with E-state index in [0.717, 1.165) is 0 Å². The van der Waals surface area contributed by atoms with Gasteiger partial charge >= 0.3 is 0 Å². The molecule has 12 rings (SSSR count). The molecule has 0 N–H and O–H groups in total. The van der Waals surface area contributed by atoms with Crippen LogP contribution in [0.1, 0.15) is 25.0 Å². The lowest BCUT2D eigenvalue weighted by molar-refractivity contribution is 0.660. The molecule has 2 heteroatoms. The van der Waals surface area contributed by atoms with E-state index >= 15 is 0 Å². The van der Waals surface area contributed by atoms with Crippen molar-refractivity contribution in [2.75, 3.05) is 0 Å². The SMILES string of the molecule is CC1(C)c2ccccc2-c2ccc(-n3c4ccc(-c5ccc(-c6ccccc6)cc5)cc4c4ccc(-c5ccc6c7ccccc7n(-c7ccccc7)c6c5)cc43)cc21. The largest absolute Gasteiger partial charge is 0.309 e. The standard InChI is InChI=1S/C57H40N2/c1-57(2)51-19-11-9-17-45(51)46-31-28-44(36-52(46)57)59-54-32-27-40(39-23-21-38(22-24-39)37-13-5-3-6-14-37)33-50(54)49-30-26-42(35-56(49)59)41-25-29-48-47-18-10-12-20-53(47)58(55(48)34-41)43-15-7-4-8-16-43/h3-36H,1-2H3. The van der Waals surface area contributed by atoms with Gasteiger partial charge < -0.3 is 9.13 Å². The van der Waals surface area contributed by atoms with E-state index in [0.29, 0.717) is 0 Å². The molecule has 0 radical (unpaired) electrons. The van der Waals surface area contributed by atoms with Gasteiger partial charge in [0.15, 0.2) is 0 Å². The van der Waals surface area contributed by atoms with Crippen molar-refractivity contribution in [1.29, 1.82) is 0 Å². The van der Waals surface area contributed by atoms with E-state index in [1.165, 1.54) is 111 Å². The van der Waals surface area contributed by atoms with Crippen LogP contribution in [0, 0.1) is 0 Å². The molecular weight excluding hydrogens is 713 g/mol. The summed E-state index contributed by atoms with van der Waals surface area (Å²) in [6.07, 6.45) is 0. The van der Waals surface area contributed by atoms with Gasteiger partial charge in [-0.25, -0.2) is 0 Å². The topological polar surface area (TPSA) is 9.86 Å². The Labute approximate surface area is 343 Å². The molecule has 0 saturated heterocycles. The molecule has 0 aliphatic heterocycles. The van der Waals surface area contributed by atoms with Crippen LogP contribution in [0.5, 0.6) is 0 Å². The van der Waals surface area contributed by atoms with Crippen molar-refractivity contribution in [1.82, 2.24) is 9.13 Å². The van der Waals surface area contributed by atoms with Crippen molar-refractivity contribution in [2.45, 2.75) is 19.3 Å². The molecule has 0 amide bonds. The highest BCUT2D eigenvalue weighted by Gasteiger charge is 2.35. The molecule has 2 heterocycles. The third kappa shape index (κ3) is 5.13. The third-order valence-corrected chi connectivity index (χ3v) is 12.9. The van der Waals surface area contributed by atoms with Crippen molar-refractivity contribution < 1.29 is 0 Å². The van der Waals surface area contributed by atoms with Gasteiger partial charge in [0, 0.05) is 38.3 Å². The monoisotopic (exact) mass is 752 g/mol. The molecule has 0 unspecified atom stereocenters. The minimum absolute atomic E-state index is 0.0996. The Morgan fingerprint density at radius 2 is 0.780 bits per heavy atom. The summed E-state index contributed by atoms with van der Waals surface area (Å²) < 4.78 is 4.90. The summed E-state index contributed by atoms with van der Waals surface area (Å²) in [5.41, 5.74) is 19.8. The summed E-state index contributed by atoms with van der Waals surface area (Å²) in [5, 5.41) is 5.02. The smallest absolute Gasteiger partial charge is 0.0547 e. The molecule has 59 heavy (non-hydrogen) atoms. The van der Waals surface area contributed by atoms with Gasteiger partial charge in [0.05, 0.1) is 22.1 Å². The number of nitrogens with zero attached hydrogens (tertiary/aromatic N) is 2. The molecule has 1 aliphatic carbocycles. The van der Waals surface area contributed by atoms with Gasteiger partial charge in [-0.15, -0.1) is 0 Å². The first kappa shape index (κ1) is 33.7. The second-order valence-electron chi connectivity index (χ2n) is 16.6. The highest BCUT2D eigenvalue weighted by Crippen LogP contribution is 2.50. The molecule has 0 saturated carbocycles. The van der Waals surface area contributed by atoms with Gasteiger partial charge in [-0.05, 0) is 110 Å². The predicted molar refractivity (Wildman–Crippen MR) is 249 cm³/mol. The summed E-state index contributed by atoms with van der Waals surface area (Å²) in [5.74, 6) is 0. The predicted octanol–water partition coefficient (Wildman–Crippen LogP) is 15.2. The van der Waals surface area contributed by atoms with E-state index in [1.54, 1.807) is 0 Å². The molecular formula is C57H40N2. The normalized spacial score (nSPS) is 13.1. The molecule has 0 bridgehead atoms. The Bertz CT molecular complexity index is 3440.